The van der Waals surface area contributed by atoms with E-state index in [0.29, 0.717) is 5.92 Å². The summed E-state index contributed by atoms with van der Waals surface area (Å²) in [5.74, 6) is 1.13. The molecule has 1 N–H and O–H groups in total. The summed E-state index contributed by atoms with van der Waals surface area (Å²) >= 11 is 0. The van der Waals surface area contributed by atoms with Gasteiger partial charge in [-0.05, 0) is 55.0 Å². The Bertz CT molecular complexity index is 665. The fourth-order valence-corrected chi connectivity index (χ4v) is 2.62. The first-order chi connectivity index (χ1) is 11.5. The van der Waals surface area contributed by atoms with Crippen molar-refractivity contribution >= 4 is 5.91 Å². The lowest BCUT2D eigenvalue weighted by Crippen LogP contribution is -2.33. The first-order valence-electron chi connectivity index (χ1n) is 8.50. The maximum absolute atomic E-state index is 12.3. The number of carbonyl (C=O) groups excluding carboxylic acids is 1. The van der Waals surface area contributed by atoms with Crippen LogP contribution in [0.1, 0.15) is 43.0 Å². The molecule has 0 spiro atoms. The lowest BCUT2D eigenvalue weighted by atomic mass is 9.97. The van der Waals surface area contributed by atoms with Gasteiger partial charge in [0.25, 0.3) is 5.91 Å². The van der Waals surface area contributed by atoms with Gasteiger partial charge in [-0.1, -0.05) is 50.2 Å². The Balaban J connectivity index is 1.96. The number of aryl methyl sites for hydroxylation is 2. The first kappa shape index (κ1) is 18.1. The molecule has 1 atom stereocenters. The predicted molar refractivity (Wildman–Crippen MR) is 98.2 cm³/mol. The maximum Gasteiger partial charge on any atom is 0.258 e. The van der Waals surface area contributed by atoms with Crippen molar-refractivity contribution in [1.82, 2.24) is 5.32 Å². The molecule has 0 saturated carbocycles. The van der Waals surface area contributed by atoms with Crippen molar-refractivity contribution in [2.24, 2.45) is 5.92 Å². The Kier molecular flexibility index (Phi) is 6.42. The van der Waals surface area contributed by atoms with E-state index < -0.39 is 0 Å². The van der Waals surface area contributed by atoms with Gasteiger partial charge in [0.2, 0.25) is 0 Å². The molecule has 0 aliphatic heterocycles. The standard InChI is InChI=1S/C21H27NO2/c1-15(2)12-20(18-8-6-5-7-9-18)22-21(23)14-24-19-11-10-16(3)17(4)13-19/h5-11,13,15,20H,12,14H2,1-4H3,(H,22,23)/t20-/m1/s1. The Labute approximate surface area is 145 Å². The lowest BCUT2D eigenvalue weighted by molar-refractivity contribution is -0.124. The fraction of sp³-hybridized carbons (Fsp3) is 0.381. The molecule has 3 nitrogen and oxygen atoms in total. The summed E-state index contributed by atoms with van der Waals surface area (Å²) in [7, 11) is 0. The molecule has 2 rings (SSSR count). The fourth-order valence-electron chi connectivity index (χ4n) is 2.62. The van der Waals surface area contributed by atoms with Crippen LogP contribution in [-0.2, 0) is 4.79 Å². The summed E-state index contributed by atoms with van der Waals surface area (Å²) in [5.41, 5.74) is 3.51. The van der Waals surface area contributed by atoms with Crippen molar-refractivity contribution in [1.29, 1.82) is 0 Å². The molecule has 0 aliphatic rings. The molecule has 0 aliphatic carbocycles. The average Bonchev–Trinajstić information content (AvgIpc) is 2.56. The Morgan fingerprint density at radius 3 is 2.38 bits per heavy atom. The number of rotatable bonds is 7. The zero-order chi connectivity index (χ0) is 17.5. The summed E-state index contributed by atoms with van der Waals surface area (Å²) in [6, 6.07) is 16.0. The van der Waals surface area contributed by atoms with Crippen LogP contribution in [-0.4, -0.2) is 12.5 Å². The lowest BCUT2D eigenvalue weighted by Gasteiger charge is -2.21. The molecule has 1 amide bonds. The van der Waals surface area contributed by atoms with Crippen LogP contribution >= 0.6 is 0 Å². The number of benzene rings is 2. The van der Waals surface area contributed by atoms with Crippen molar-refractivity contribution in [3.63, 3.8) is 0 Å². The second kappa shape index (κ2) is 8.53. The molecule has 0 saturated heterocycles. The van der Waals surface area contributed by atoms with Gasteiger partial charge < -0.3 is 10.1 Å². The van der Waals surface area contributed by atoms with Crippen molar-refractivity contribution in [2.75, 3.05) is 6.61 Å². The Hall–Kier alpha value is -2.29. The summed E-state index contributed by atoms with van der Waals surface area (Å²) in [5, 5.41) is 3.10. The second-order valence-electron chi connectivity index (χ2n) is 6.70. The highest BCUT2D eigenvalue weighted by atomic mass is 16.5. The normalized spacial score (nSPS) is 12.0. The van der Waals surface area contributed by atoms with Crippen LogP contribution in [0, 0.1) is 19.8 Å². The molecule has 3 heteroatoms. The highest BCUT2D eigenvalue weighted by Crippen LogP contribution is 2.21. The maximum atomic E-state index is 12.3. The molecule has 2 aromatic rings. The summed E-state index contributed by atoms with van der Waals surface area (Å²) in [6.07, 6.45) is 0.902. The number of nitrogens with one attached hydrogen (secondary N) is 1. The van der Waals surface area contributed by atoms with Crippen LogP contribution in [0.15, 0.2) is 48.5 Å². The number of hydrogen-bond acceptors (Lipinski definition) is 2. The number of ether oxygens (including phenoxy) is 1. The Morgan fingerprint density at radius 1 is 1.04 bits per heavy atom. The molecule has 0 aromatic heterocycles. The largest absolute Gasteiger partial charge is 0.484 e. The highest BCUT2D eigenvalue weighted by Gasteiger charge is 2.16. The zero-order valence-electron chi connectivity index (χ0n) is 15.0. The number of amides is 1. The van der Waals surface area contributed by atoms with Gasteiger partial charge in [-0.15, -0.1) is 0 Å². The van der Waals surface area contributed by atoms with Crippen LogP contribution < -0.4 is 10.1 Å². The highest BCUT2D eigenvalue weighted by molar-refractivity contribution is 5.78. The van der Waals surface area contributed by atoms with Crippen molar-refractivity contribution in [3.8, 4) is 5.75 Å². The van der Waals surface area contributed by atoms with E-state index in [4.69, 9.17) is 4.74 Å². The number of hydrogen-bond donors (Lipinski definition) is 1. The quantitative estimate of drug-likeness (QED) is 0.809. The molecule has 2 aromatic carbocycles. The average molecular weight is 325 g/mol. The third kappa shape index (κ3) is 5.41. The summed E-state index contributed by atoms with van der Waals surface area (Å²) in [6.45, 7) is 8.45. The van der Waals surface area contributed by atoms with Crippen molar-refractivity contribution in [3.05, 3.63) is 65.2 Å². The molecule has 0 radical (unpaired) electrons. The van der Waals surface area contributed by atoms with Crippen LogP contribution in [0.25, 0.3) is 0 Å². The molecule has 0 bridgehead atoms. The van der Waals surface area contributed by atoms with Crippen molar-refractivity contribution in [2.45, 2.75) is 40.2 Å². The minimum Gasteiger partial charge on any atom is -0.484 e. The van der Waals surface area contributed by atoms with Gasteiger partial charge in [0, 0.05) is 0 Å². The zero-order valence-corrected chi connectivity index (χ0v) is 15.0. The SMILES string of the molecule is Cc1ccc(OCC(=O)N[C@H](CC(C)C)c2ccccc2)cc1C. The minimum atomic E-state index is -0.0947. The Morgan fingerprint density at radius 2 is 1.75 bits per heavy atom. The van der Waals surface area contributed by atoms with Crippen molar-refractivity contribution < 1.29 is 9.53 Å². The van der Waals surface area contributed by atoms with Crippen LogP contribution in [0.5, 0.6) is 5.75 Å². The van der Waals surface area contributed by atoms with E-state index in [2.05, 4.69) is 38.2 Å². The molecule has 0 unspecified atom stereocenters. The molecule has 0 fully saturated rings. The van der Waals surface area contributed by atoms with E-state index in [1.807, 2.05) is 43.3 Å². The topological polar surface area (TPSA) is 38.3 Å². The monoisotopic (exact) mass is 325 g/mol. The van der Waals surface area contributed by atoms with Gasteiger partial charge in [-0.3, -0.25) is 4.79 Å². The molecule has 24 heavy (non-hydrogen) atoms. The minimum absolute atomic E-state index is 0.0158. The van der Waals surface area contributed by atoms with E-state index in [9.17, 15) is 4.79 Å². The number of carbonyl (C=O) groups is 1. The molecule has 128 valence electrons. The van der Waals surface area contributed by atoms with Gasteiger partial charge in [0.15, 0.2) is 6.61 Å². The van der Waals surface area contributed by atoms with Gasteiger partial charge in [-0.25, -0.2) is 0 Å². The van der Waals surface area contributed by atoms with E-state index >= 15 is 0 Å². The molecular formula is C21H27NO2. The third-order valence-corrected chi connectivity index (χ3v) is 4.09. The molecule has 0 heterocycles. The van der Waals surface area contributed by atoms with Gasteiger partial charge >= 0.3 is 0 Å². The van der Waals surface area contributed by atoms with Crippen LogP contribution in [0.2, 0.25) is 0 Å². The van der Waals surface area contributed by atoms with E-state index in [0.717, 1.165) is 23.3 Å². The third-order valence-electron chi connectivity index (χ3n) is 4.09. The van der Waals surface area contributed by atoms with Crippen LogP contribution in [0.4, 0.5) is 0 Å². The summed E-state index contributed by atoms with van der Waals surface area (Å²) < 4.78 is 5.63. The van der Waals surface area contributed by atoms with E-state index in [-0.39, 0.29) is 18.6 Å². The van der Waals surface area contributed by atoms with Gasteiger partial charge in [-0.2, -0.15) is 0 Å². The van der Waals surface area contributed by atoms with Crippen LogP contribution in [0.3, 0.4) is 0 Å². The molecular weight excluding hydrogens is 298 g/mol. The van der Waals surface area contributed by atoms with E-state index in [1.165, 1.54) is 5.56 Å². The van der Waals surface area contributed by atoms with Gasteiger partial charge in [0.05, 0.1) is 6.04 Å². The first-order valence-corrected chi connectivity index (χ1v) is 8.50. The van der Waals surface area contributed by atoms with Gasteiger partial charge in [0.1, 0.15) is 5.75 Å². The summed E-state index contributed by atoms with van der Waals surface area (Å²) in [4.78, 5) is 12.3. The second-order valence-corrected chi connectivity index (χ2v) is 6.70. The smallest absolute Gasteiger partial charge is 0.258 e. The van der Waals surface area contributed by atoms with E-state index in [1.54, 1.807) is 0 Å². The predicted octanol–water partition coefficient (Wildman–Crippen LogP) is 4.59.